The number of aryl methyl sites for hydroxylation is 2. The molecule has 0 radical (unpaired) electrons. The zero-order valence-electron chi connectivity index (χ0n) is 16.2. The van der Waals surface area contributed by atoms with E-state index in [2.05, 4.69) is 21.2 Å². The molecular weight excluding hydrogens is 442 g/mol. The van der Waals surface area contributed by atoms with Crippen LogP contribution in [0.1, 0.15) is 11.1 Å². The Labute approximate surface area is 177 Å². The highest BCUT2D eigenvalue weighted by molar-refractivity contribution is 9.10. The molecule has 1 saturated heterocycles. The van der Waals surface area contributed by atoms with E-state index in [0.717, 1.165) is 15.6 Å². The van der Waals surface area contributed by atoms with Crippen molar-refractivity contribution >= 4 is 38.9 Å². The van der Waals surface area contributed by atoms with Crippen LogP contribution in [0.25, 0.3) is 0 Å². The molecule has 0 unspecified atom stereocenters. The molecule has 2 aromatic carbocycles. The highest BCUT2D eigenvalue weighted by Crippen LogP contribution is 2.32. The number of anilines is 2. The fourth-order valence-electron chi connectivity index (χ4n) is 3.21. The average Bonchev–Trinajstić information content (AvgIpc) is 2.68. The Morgan fingerprint density at radius 1 is 1.28 bits per heavy atom. The Kier molecular flexibility index (Phi) is 6.71. The number of hydrogen-bond donors (Lipinski definition) is 1. The number of nitro benzene ring substituents is 1. The fourth-order valence-corrected chi connectivity index (χ4v) is 4.00. The van der Waals surface area contributed by atoms with Crippen LogP contribution in [0.15, 0.2) is 34.8 Å². The summed E-state index contributed by atoms with van der Waals surface area (Å²) in [5.41, 5.74) is 3.09. The smallest absolute Gasteiger partial charge is 0.271 e. The Morgan fingerprint density at radius 2 is 2.00 bits per heavy atom. The van der Waals surface area contributed by atoms with Crippen molar-refractivity contribution < 1.29 is 19.2 Å². The van der Waals surface area contributed by atoms with Gasteiger partial charge in [0.2, 0.25) is 0 Å². The Bertz CT molecular complexity index is 905. The minimum atomic E-state index is -0.448. The summed E-state index contributed by atoms with van der Waals surface area (Å²) >= 11 is 3.46. The summed E-state index contributed by atoms with van der Waals surface area (Å²) in [6.07, 6.45) is 0. The maximum absolute atomic E-state index is 12.5. The minimum Gasteiger partial charge on any atom is -0.482 e. The summed E-state index contributed by atoms with van der Waals surface area (Å²) in [5, 5.41) is 14.0. The molecule has 1 N–H and O–H groups in total. The summed E-state index contributed by atoms with van der Waals surface area (Å²) in [5.74, 6) is 0.267. The SMILES string of the molecule is Cc1cc(C)c(OCC(=O)Nc2ccc([N+](=O)[O-])cc2N2CCOCC2)c(Br)c1. The van der Waals surface area contributed by atoms with E-state index in [-0.39, 0.29) is 18.2 Å². The molecular formula is C20H22BrN3O5. The van der Waals surface area contributed by atoms with Crippen molar-refractivity contribution in [3.63, 3.8) is 0 Å². The summed E-state index contributed by atoms with van der Waals surface area (Å²) in [7, 11) is 0. The number of non-ortho nitro benzene ring substituents is 1. The lowest BCUT2D eigenvalue weighted by atomic mass is 10.1. The average molecular weight is 464 g/mol. The van der Waals surface area contributed by atoms with Crippen molar-refractivity contribution in [2.24, 2.45) is 0 Å². The number of nitro groups is 1. The molecule has 3 rings (SSSR count). The molecule has 29 heavy (non-hydrogen) atoms. The van der Waals surface area contributed by atoms with Crippen molar-refractivity contribution in [2.75, 3.05) is 43.1 Å². The van der Waals surface area contributed by atoms with Crippen LogP contribution in [-0.2, 0) is 9.53 Å². The molecule has 0 bridgehead atoms. The Morgan fingerprint density at radius 3 is 2.66 bits per heavy atom. The second-order valence-electron chi connectivity index (χ2n) is 6.79. The summed E-state index contributed by atoms with van der Waals surface area (Å²) in [6.45, 7) is 5.96. The van der Waals surface area contributed by atoms with Crippen molar-refractivity contribution in [2.45, 2.75) is 13.8 Å². The molecule has 0 aromatic heterocycles. The first kappa shape index (κ1) is 21.1. The molecule has 1 heterocycles. The van der Waals surface area contributed by atoms with Crippen LogP contribution in [-0.4, -0.2) is 43.7 Å². The molecule has 0 atom stereocenters. The zero-order chi connectivity index (χ0) is 21.0. The van der Waals surface area contributed by atoms with Gasteiger partial charge < -0.3 is 19.7 Å². The highest BCUT2D eigenvalue weighted by Gasteiger charge is 2.20. The number of nitrogens with one attached hydrogen (secondary N) is 1. The van der Waals surface area contributed by atoms with Gasteiger partial charge in [0, 0.05) is 25.2 Å². The van der Waals surface area contributed by atoms with Gasteiger partial charge in [-0.25, -0.2) is 0 Å². The van der Waals surface area contributed by atoms with Gasteiger partial charge in [-0.3, -0.25) is 14.9 Å². The first-order chi connectivity index (χ1) is 13.8. The number of morpholine rings is 1. The number of nitrogens with zero attached hydrogens (tertiary/aromatic N) is 2. The number of hydrogen-bond acceptors (Lipinski definition) is 6. The maximum atomic E-state index is 12.5. The minimum absolute atomic E-state index is 0.0278. The number of benzene rings is 2. The van der Waals surface area contributed by atoms with E-state index in [1.807, 2.05) is 30.9 Å². The lowest BCUT2D eigenvalue weighted by Crippen LogP contribution is -2.37. The predicted molar refractivity (Wildman–Crippen MR) is 114 cm³/mol. The van der Waals surface area contributed by atoms with Crippen LogP contribution >= 0.6 is 15.9 Å². The van der Waals surface area contributed by atoms with Crippen LogP contribution in [0.2, 0.25) is 0 Å². The normalized spacial score (nSPS) is 13.8. The molecule has 9 heteroatoms. The second kappa shape index (κ2) is 9.23. The van der Waals surface area contributed by atoms with E-state index >= 15 is 0 Å². The van der Waals surface area contributed by atoms with Gasteiger partial charge in [0.25, 0.3) is 11.6 Å². The topological polar surface area (TPSA) is 93.9 Å². The summed E-state index contributed by atoms with van der Waals surface area (Å²) in [4.78, 5) is 25.2. The van der Waals surface area contributed by atoms with Crippen molar-refractivity contribution in [1.82, 2.24) is 0 Å². The van der Waals surface area contributed by atoms with Gasteiger partial charge in [-0.15, -0.1) is 0 Å². The fraction of sp³-hybridized carbons (Fsp3) is 0.350. The number of amides is 1. The Hall–Kier alpha value is -2.65. The molecule has 0 aliphatic carbocycles. The number of carbonyl (C=O) groups excluding carboxylic acids is 1. The number of carbonyl (C=O) groups is 1. The van der Waals surface area contributed by atoms with Gasteiger partial charge in [0.1, 0.15) is 5.75 Å². The Balaban J connectivity index is 1.75. The maximum Gasteiger partial charge on any atom is 0.271 e. The largest absolute Gasteiger partial charge is 0.482 e. The van der Waals surface area contributed by atoms with Crippen molar-refractivity contribution in [3.8, 4) is 5.75 Å². The second-order valence-corrected chi connectivity index (χ2v) is 7.64. The molecule has 154 valence electrons. The van der Waals surface area contributed by atoms with Crippen LogP contribution < -0.4 is 15.0 Å². The lowest BCUT2D eigenvalue weighted by Gasteiger charge is -2.30. The van der Waals surface area contributed by atoms with Gasteiger partial charge in [0.05, 0.1) is 34.0 Å². The quantitative estimate of drug-likeness (QED) is 0.516. The monoisotopic (exact) mass is 463 g/mol. The van der Waals surface area contributed by atoms with Gasteiger partial charge in [-0.05, 0) is 53.0 Å². The number of halogens is 1. The summed E-state index contributed by atoms with van der Waals surface area (Å²) in [6, 6.07) is 8.30. The van der Waals surface area contributed by atoms with E-state index in [1.165, 1.54) is 12.1 Å². The first-order valence-corrected chi connectivity index (χ1v) is 9.95. The van der Waals surface area contributed by atoms with Crippen molar-refractivity contribution in [1.29, 1.82) is 0 Å². The van der Waals surface area contributed by atoms with E-state index in [4.69, 9.17) is 9.47 Å². The van der Waals surface area contributed by atoms with Gasteiger partial charge in [-0.2, -0.15) is 0 Å². The third-order valence-corrected chi connectivity index (χ3v) is 5.13. The van der Waals surface area contributed by atoms with Crippen molar-refractivity contribution in [3.05, 3.63) is 56.0 Å². The first-order valence-electron chi connectivity index (χ1n) is 9.15. The van der Waals surface area contributed by atoms with Crippen LogP contribution in [0.3, 0.4) is 0 Å². The standard InChI is InChI=1S/C20H22BrN3O5/c1-13-9-14(2)20(16(21)10-13)29-12-19(25)22-17-4-3-15(24(26)27)11-18(17)23-5-7-28-8-6-23/h3-4,9-11H,5-8,12H2,1-2H3,(H,22,25). The van der Waals surface area contributed by atoms with E-state index < -0.39 is 4.92 Å². The highest BCUT2D eigenvalue weighted by atomic mass is 79.9. The molecule has 1 aliphatic heterocycles. The number of rotatable bonds is 6. The van der Waals surface area contributed by atoms with Gasteiger partial charge >= 0.3 is 0 Å². The molecule has 1 fully saturated rings. The molecule has 2 aromatic rings. The van der Waals surface area contributed by atoms with Crippen LogP contribution in [0.4, 0.5) is 17.1 Å². The lowest BCUT2D eigenvalue weighted by molar-refractivity contribution is -0.384. The molecule has 8 nitrogen and oxygen atoms in total. The third-order valence-electron chi connectivity index (χ3n) is 4.54. The van der Waals surface area contributed by atoms with E-state index in [0.29, 0.717) is 43.4 Å². The van der Waals surface area contributed by atoms with Gasteiger partial charge in [-0.1, -0.05) is 6.07 Å². The summed E-state index contributed by atoms with van der Waals surface area (Å²) < 4.78 is 11.8. The molecule has 1 aliphatic rings. The van der Waals surface area contributed by atoms with Crippen LogP contribution in [0, 0.1) is 24.0 Å². The molecule has 0 saturated carbocycles. The van der Waals surface area contributed by atoms with Gasteiger partial charge in [0.15, 0.2) is 6.61 Å². The molecule has 1 amide bonds. The zero-order valence-corrected chi connectivity index (χ0v) is 17.8. The molecule has 0 spiro atoms. The van der Waals surface area contributed by atoms with E-state index in [1.54, 1.807) is 6.07 Å². The number of ether oxygens (including phenoxy) is 2. The predicted octanol–water partition coefficient (Wildman–Crippen LogP) is 3.83. The van der Waals surface area contributed by atoms with Crippen LogP contribution in [0.5, 0.6) is 5.75 Å². The third kappa shape index (κ3) is 5.24. The van der Waals surface area contributed by atoms with E-state index in [9.17, 15) is 14.9 Å².